The van der Waals surface area contributed by atoms with Crippen LogP contribution in [-0.2, 0) is 0 Å². The summed E-state index contributed by atoms with van der Waals surface area (Å²) >= 11 is 10.7. The van der Waals surface area contributed by atoms with E-state index in [2.05, 4.69) is 9.97 Å². The van der Waals surface area contributed by atoms with E-state index in [1.807, 2.05) is 54.1 Å². The minimum Gasteiger partial charge on any atom is -0.305 e. The summed E-state index contributed by atoms with van der Waals surface area (Å²) in [5, 5.41) is 16.3. The quantitative estimate of drug-likeness (QED) is 0.176. The number of fused-ring (bicyclic) bond motifs is 1. The number of nitrogens with one attached hydrogen (secondary N) is 1. The van der Waals surface area contributed by atoms with Crippen molar-refractivity contribution >= 4 is 73.0 Å². The summed E-state index contributed by atoms with van der Waals surface area (Å²) in [5.41, 5.74) is 2.19. The van der Waals surface area contributed by atoms with Crippen LogP contribution >= 0.6 is 46.0 Å². The molecule has 0 aliphatic rings. The summed E-state index contributed by atoms with van der Waals surface area (Å²) in [4.78, 5) is 34.5. The normalized spacial score (nSPS) is 11.8. The Morgan fingerprint density at radius 2 is 1.97 bits per heavy atom. The van der Waals surface area contributed by atoms with Crippen LogP contribution in [0.5, 0.6) is 0 Å². The minimum absolute atomic E-state index is 0.0236. The molecule has 2 aromatic carbocycles. The van der Waals surface area contributed by atoms with Crippen LogP contribution in [0.3, 0.4) is 0 Å². The molecule has 10 heteroatoms. The van der Waals surface area contributed by atoms with Gasteiger partial charge in [-0.15, -0.1) is 22.7 Å². The number of benzene rings is 2. The molecule has 35 heavy (non-hydrogen) atoms. The lowest BCUT2D eigenvalue weighted by Gasteiger charge is -2.05. The van der Waals surface area contributed by atoms with Crippen molar-refractivity contribution in [1.29, 1.82) is 0 Å². The van der Waals surface area contributed by atoms with Crippen LogP contribution in [0.15, 0.2) is 79.9 Å². The maximum Gasteiger partial charge on any atom is 0.283 e. The molecule has 1 N–H and O–H groups in total. The highest BCUT2D eigenvalue weighted by atomic mass is 35.5. The third-order valence-corrected chi connectivity index (χ3v) is 8.32. The SMILES string of the molecule is Cc1ccc(Sc2ccc(C=C(Cl)c3nc4scc(-c5cccs5)c4c(=O)[nH]3)cc2[N+](=O)[O-])cc1. The monoisotopic (exact) mass is 537 g/mol. The highest BCUT2D eigenvalue weighted by molar-refractivity contribution is 7.99. The maximum absolute atomic E-state index is 12.9. The predicted molar refractivity (Wildman–Crippen MR) is 146 cm³/mol. The fraction of sp³-hybridized carbons (Fsp3) is 0.0400. The number of aromatic nitrogens is 2. The van der Waals surface area contributed by atoms with E-state index in [0.717, 1.165) is 20.9 Å². The molecule has 0 amide bonds. The van der Waals surface area contributed by atoms with Gasteiger partial charge in [-0.1, -0.05) is 53.2 Å². The Bertz CT molecular complexity index is 1640. The molecule has 0 spiro atoms. The highest BCUT2D eigenvalue weighted by Crippen LogP contribution is 2.37. The molecule has 5 rings (SSSR count). The Morgan fingerprint density at radius 3 is 2.69 bits per heavy atom. The standard InChI is InChI=1S/C25H16ClN3O3S3/c1-14-4-7-16(8-5-14)35-21-9-6-15(12-19(21)29(31)32)11-18(26)23-27-24(30)22-17(13-34-25(22)28-23)20-3-2-10-33-20/h2-13H,1H3,(H,27,28,30). The van der Waals surface area contributed by atoms with Crippen LogP contribution in [0.2, 0.25) is 0 Å². The first-order chi connectivity index (χ1) is 16.9. The molecular weight excluding hydrogens is 522 g/mol. The summed E-state index contributed by atoms with van der Waals surface area (Å²) < 4.78 is 0. The number of hydrogen-bond donors (Lipinski definition) is 1. The number of H-pyrrole nitrogens is 1. The molecule has 5 aromatic rings. The predicted octanol–water partition coefficient (Wildman–Crippen LogP) is 7.82. The van der Waals surface area contributed by atoms with Crippen molar-refractivity contribution in [3.8, 4) is 10.4 Å². The number of nitro groups is 1. The molecule has 0 radical (unpaired) electrons. The number of aryl methyl sites for hydroxylation is 1. The zero-order valence-corrected chi connectivity index (χ0v) is 21.4. The lowest BCUT2D eigenvalue weighted by molar-refractivity contribution is -0.387. The molecule has 0 saturated carbocycles. The zero-order valence-electron chi connectivity index (χ0n) is 18.2. The van der Waals surface area contributed by atoms with Gasteiger partial charge in [0.05, 0.1) is 20.2 Å². The van der Waals surface area contributed by atoms with Gasteiger partial charge < -0.3 is 4.98 Å². The summed E-state index contributed by atoms with van der Waals surface area (Å²) in [6.07, 6.45) is 1.56. The molecule has 0 aliphatic carbocycles. The van der Waals surface area contributed by atoms with E-state index in [-0.39, 0.29) is 22.1 Å². The number of halogens is 1. The Hall–Kier alpha value is -3.24. The molecule has 0 fully saturated rings. The Balaban J connectivity index is 1.48. The number of rotatable bonds is 6. The van der Waals surface area contributed by atoms with Crippen molar-refractivity contribution in [2.24, 2.45) is 0 Å². The van der Waals surface area contributed by atoms with Gasteiger partial charge in [0.2, 0.25) is 0 Å². The summed E-state index contributed by atoms with van der Waals surface area (Å²) in [6, 6.07) is 16.6. The van der Waals surface area contributed by atoms with Gasteiger partial charge in [-0.2, -0.15) is 0 Å². The highest BCUT2D eigenvalue weighted by Gasteiger charge is 2.17. The number of aromatic amines is 1. The average Bonchev–Trinajstić information content (AvgIpc) is 3.51. The second-order valence-corrected chi connectivity index (χ2v) is 10.9. The van der Waals surface area contributed by atoms with E-state index in [1.54, 1.807) is 29.5 Å². The van der Waals surface area contributed by atoms with Crippen LogP contribution in [-0.4, -0.2) is 14.9 Å². The Labute approximate surface area is 217 Å². The number of nitrogens with zero attached hydrogens (tertiary/aromatic N) is 2. The fourth-order valence-electron chi connectivity index (χ4n) is 3.48. The van der Waals surface area contributed by atoms with Gasteiger partial charge in [-0.3, -0.25) is 14.9 Å². The second kappa shape index (κ2) is 9.79. The van der Waals surface area contributed by atoms with Crippen LogP contribution < -0.4 is 5.56 Å². The van der Waals surface area contributed by atoms with Crippen molar-refractivity contribution in [3.63, 3.8) is 0 Å². The van der Waals surface area contributed by atoms with E-state index in [4.69, 9.17) is 11.6 Å². The van der Waals surface area contributed by atoms with Gasteiger partial charge >= 0.3 is 0 Å². The Kier molecular flexibility index (Phi) is 6.57. The molecule has 0 atom stereocenters. The van der Waals surface area contributed by atoms with Crippen molar-refractivity contribution in [2.75, 3.05) is 0 Å². The second-order valence-electron chi connectivity index (χ2n) is 7.61. The molecule has 174 valence electrons. The van der Waals surface area contributed by atoms with Gasteiger partial charge in [0.15, 0.2) is 5.82 Å². The smallest absolute Gasteiger partial charge is 0.283 e. The molecule has 0 saturated heterocycles. The minimum atomic E-state index is -0.411. The van der Waals surface area contributed by atoms with Crippen molar-refractivity contribution in [2.45, 2.75) is 16.7 Å². The van der Waals surface area contributed by atoms with Crippen LogP contribution in [0.4, 0.5) is 5.69 Å². The topological polar surface area (TPSA) is 88.9 Å². The first-order valence-corrected chi connectivity index (χ1v) is 13.3. The molecule has 3 aromatic heterocycles. The van der Waals surface area contributed by atoms with Gasteiger partial charge in [-0.25, -0.2) is 4.98 Å². The molecule has 3 heterocycles. The van der Waals surface area contributed by atoms with E-state index in [1.165, 1.54) is 29.2 Å². The van der Waals surface area contributed by atoms with Crippen molar-refractivity contribution in [3.05, 3.63) is 103 Å². The van der Waals surface area contributed by atoms with E-state index < -0.39 is 4.92 Å². The largest absolute Gasteiger partial charge is 0.305 e. The third kappa shape index (κ3) is 4.94. The lowest BCUT2D eigenvalue weighted by Crippen LogP contribution is -2.10. The summed E-state index contributed by atoms with van der Waals surface area (Å²) in [6.45, 7) is 1.99. The van der Waals surface area contributed by atoms with Crippen molar-refractivity contribution < 1.29 is 4.92 Å². The molecule has 6 nitrogen and oxygen atoms in total. The fourth-order valence-corrected chi connectivity index (χ4v) is 6.35. The van der Waals surface area contributed by atoms with Crippen LogP contribution in [0, 0.1) is 17.0 Å². The number of nitro benzene ring substituents is 1. The van der Waals surface area contributed by atoms with Gasteiger partial charge in [-0.05, 0) is 48.2 Å². The van der Waals surface area contributed by atoms with Gasteiger partial charge in [0.25, 0.3) is 11.2 Å². The number of hydrogen-bond acceptors (Lipinski definition) is 7. The molecular formula is C25H16ClN3O3S3. The van der Waals surface area contributed by atoms with E-state index >= 15 is 0 Å². The third-order valence-electron chi connectivity index (χ3n) is 5.18. The van der Waals surface area contributed by atoms with E-state index in [9.17, 15) is 14.9 Å². The first-order valence-electron chi connectivity index (χ1n) is 10.3. The molecule has 0 bridgehead atoms. The maximum atomic E-state index is 12.9. The van der Waals surface area contributed by atoms with Gasteiger partial charge in [0.1, 0.15) is 4.83 Å². The first kappa shape index (κ1) is 23.5. The Morgan fingerprint density at radius 1 is 1.17 bits per heavy atom. The average molecular weight is 538 g/mol. The van der Waals surface area contributed by atoms with E-state index in [0.29, 0.717) is 20.7 Å². The lowest BCUT2D eigenvalue weighted by atomic mass is 10.2. The summed E-state index contributed by atoms with van der Waals surface area (Å²) in [5.74, 6) is 0.213. The van der Waals surface area contributed by atoms with Crippen LogP contribution in [0.1, 0.15) is 17.0 Å². The van der Waals surface area contributed by atoms with Crippen LogP contribution in [0.25, 0.3) is 31.8 Å². The zero-order chi connectivity index (χ0) is 24.5. The number of thiophene rings is 2. The van der Waals surface area contributed by atoms with Gasteiger partial charge in [0, 0.05) is 26.8 Å². The van der Waals surface area contributed by atoms with Crippen molar-refractivity contribution in [1.82, 2.24) is 9.97 Å². The molecule has 0 unspecified atom stereocenters. The molecule has 0 aliphatic heterocycles. The summed E-state index contributed by atoms with van der Waals surface area (Å²) in [7, 11) is 0.